The second-order valence-corrected chi connectivity index (χ2v) is 7.66. The number of hydrogen-bond acceptors (Lipinski definition) is 7. The molecule has 1 aromatic carbocycles. The number of alkyl halides is 3. The van der Waals surface area contributed by atoms with Crippen molar-refractivity contribution in [2.45, 2.75) is 40.8 Å². The zero-order valence-electron chi connectivity index (χ0n) is 12.8. The van der Waals surface area contributed by atoms with Crippen molar-refractivity contribution in [1.29, 1.82) is 0 Å². The van der Waals surface area contributed by atoms with Gasteiger partial charge in [0.25, 0.3) is 15.5 Å². The number of sulfone groups is 1. The third-order valence-corrected chi connectivity index (χ3v) is 5.70. The molecule has 0 unspecified atom stereocenters. The third-order valence-electron chi connectivity index (χ3n) is 3.16. The Morgan fingerprint density at radius 3 is 2.48 bits per heavy atom. The normalized spacial score (nSPS) is 12.4. The molecule has 25 heavy (non-hydrogen) atoms. The Bertz CT molecular complexity index is 925. The van der Waals surface area contributed by atoms with E-state index in [2.05, 4.69) is 10.2 Å². The van der Waals surface area contributed by atoms with Gasteiger partial charge in [0.2, 0.25) is 0 Å². The molecule has 0 atom stereocenters. The molecule has 0 saturated carbocycles. The van der Waals surface area contributed by atoms with Gasteiger partial charge >= 0.3 is 5.51 Å². The predicted molar refractivity (Wildman–Crippen MR) is 80.9 cm³/mol. The van der Waals surface area contributed by atoms with E-state index < -0.39 is 30.9 Å². The second kappa shape index (κ2) is 6.63. The van der Waals surface area contributed by atoms with Crippen LogP contribution in [0, 0.1) is 17.0 Å². The van der Waals surface area contributed by atoms with E-state index in [4.69, 9.17) is 0 Å². The highest BCUT2D eigenvalue weighted by Crippen LogP contribution is 2.38. The van der Waals surface area contributed by atoms with Crippen LogP contribution in [-0.4, -0.2) is 33.6 Å². The van der Waals surface area contributed by atoms with E-state index in [-0.39, 0.29) is 4.90 Å². The first-order valence-corrected chi connectivity index (χ1v) is 8.96. The predicted octanol–water partition coefficient (Wildman–Crippen LogP) is 2.96. The summed E-state index contributed by atoms with van der Waals surface area (Å²) in [7, 11) is -5.68. The Morgan fingerprint density at radius 2 is 1.96 bits per heavy atom. The Balaban J connectivity index is 2.53. The standard InChI is InChI=1S/C12H11F3N4O4S2/c1-3-18-7(2)16-17-11(18)24-10-5-4-8(6-9(10)19(20)21)25(22,23)12(13,14)15/h4-6H,3H2,1-2H3. The van der Waals surface area contributed by atoms with Crippen molar-refractivity contribution in [3.05, 3.63) is 34.1 Å². The van der Waals surface area contributed by atoms with Crippen molar-refractivity contribution in [3.8, 4) is 0 Å². The van der Waals surface area contributed by atoms with Crippen LogP contribution in [0.3, 0.4) is 0 Å². The van der Waals surface area contributed by atoms with Gasteiger partial charge in [-0.3, -0.25) is 10.1 Å². The van der Waals surface area contributed by atoms with Crippen LogP contribution in [0.5, 0.6) is 0 Å². The third kappa shape index (κ3) is 3.61. The molecule has 2 aromatic rings. The Morgan fingerprint density at radius 1 is 1.32 bits per heavy atom. The first kappa shape index (κ1) is 19.2. The molecule has 1 aromatic heterocycles. The van der Waals surface area contributed by atoms with E-state index in [0.717, 1.165) is 17.8 Å². The van der Waals surface area contributed by atoms with Gasteiger partial charge in [-0.1, -0.05) is 0 Å². The van der Waals surface area contributed by atoms with Crippen molar-refractivity contribution < 1.29 is 26.5 Å². The van der Waals surface area contributed by atoms with Crippen LogP contribution in [0.25, 0.3) is 0 Å². The van der Waals surface area contributed by atoms with Gasteiger partial charge in [-0.15, -0.1) is 10.2 Å². The maximum atomic E-state index is 12.6. The summed E-state index contributed by atoms with van der Waals surface area (Å²) in [5, 5.41) is 19.1. The number of halogens is 3. The zero-order chi connectivity index (χ0) is 19.0. The highest BCUT2D eigenvalue weighted by molar-refractivity contribution is 7.99. The quantitative estimate of drug-likeness (QED) is 0.565. The lowest BCUT2D eigenvalue weighted by molar-refractivity contribution is -0.388. The molecular weight excluding hydrogens is 385 g/mol. The van der Waals surface area contributed by atoms with E-state index >= 15 is 0 Å². The highest BCUT2D eigenvalue weighted by atomic mass is 32.2. The molecule has 0 radical (unpaired) electrons. The molecule has 0 aliphatic heterocycles. The number of nitro benzene ring substituents is 1. The highest BCUT2D eigenvalue weighted by Gasteiger charge is 2.47. The second-order valence-electron chi connectivity index (χ2n) is 4.71. The van der Waals surface area contributed by atoms with Gasteiger partial charge in [-0.2, -0.15) is 13.2 Å². The molecule has 136 valence electrons. The summed E-state index contributed by atoms with van der Waals surface area (Å²) in [6.45, 7) is 3.96. The minimum Gasteiger partial charge on any atom is -0.306 e. The number of aromatic nitrogens is 3. The lowest BCUT2D eigenvalue weighted by atomic mass is 10.3. The summed E-state index contributed by atoms with van der Waals surface area (Å²) >= 11 is 0.813. The van der Waals surface area contributed by atoms with E-state index in [1.165, 1.54) is 0 Å². The van der Waals surface area contributed by atoms with Gasteiger partial charge in [0.1, 0.15) is 5.82 Å². The molecule has 0 aliphatic carbocycles. The summed E-state index contributed by atoms with van der Waals surface area (Å²) in [4.78, 5) is 8.99. The van der Waals surface area contributed by atoms with Gasteiger partial charge in [-0.25, -0.2) is 8.42 Å². The van der Waals surface area contributed by atoms with Gasteiger partial charge in [-0.05, 0) is 37.7 Å². The molecule has 1 heterocycles. The molecule has 0 amide bonds. The van der Waals surface area contributed by atoms with E-state index in [1.54, 1.807) is 18.4 Å². The minimum atomic E-state index is -5.68. The largest absolute Gasteiger partial charge is 0.501 e. The van der Waals surface area contributed by atoms with E-state index in [1.807, 2.05) is 0 Å². The Kier molecular flexibility index (Phi) is 5.09. The van der Waals surface area contributed by atoms with Crippen LogP contribution in [0.15, 0.2) is 33.1 Å². The minimum absolute atomic E-state index is 0.0479. The van der Waals surface area contributed by atoms with E-state index in [0.29, 0.717) is 29.7 Å². The van der Waals surface area contributed by atoms with E-state index in [9.17, 15) is 31.7 Å². The molecule has 13 heteroatoms. The Hall–Kier alpha value is -2.15. The molecule has 0 fully saturated rings. The zero-order valence-corrected chi connectivity index (χ0v) is 14.4. The molecule has 2 rings (SSSR count). The number of hydrogen-bond donors (Lipinski definition) is 0. The fourth-order valence-electron chi connectivity index (χ4n) is 1.93. The monoisotopic (exact) mass is 396 g/mol. The molecule has 8 nitrogen and oxygen atoms in total. The van der Waals surface area contributed by atoms with Crippen molar-refractivity contribution >= 4 is 27.3 Å². The van der Waals surface area contributed by atoms with Crippen LogP contribution in [0.4, 0.5) is 18.9 Å². The first-order valence-electron chi connectivity index (χ1n) is 6.66. The maximum Gasteiger partial charge on any atom is 0.501 e. The van der Waals surface area contributed by atoms with Gasteiger partial charge in [0.15, 0.2) is 5.16 Å². The van der Waals surface area contributed by atoms with Crippen LogP contribution in [0.2, 0.25) is 0 Å². The van der Waals surface area contributed by atoms with Crippen molar-refractivity contribution in [1.82, 2.24) is 14.8 Å². The fraction of sp³-hybridized carbons (Fsp3) is 0.333. The average Bonchev–Trinajstić information content (AvgIpc) is 2.86. The van der Waals surface area contributed by atoms with Crippen molar-refractivity contribution in [3.63, 3.8) is 0 Å². The number of aryl methyl sites for hydroxylation is 1. The molecule has 0 saturated heterocycles. The number of benzene rings is 1. The lowest BCUT2D eigenvalue weighted by Crippen LogP contribution is -2.23. The van der Waals surface area contributed by atoms with Crippen LogP contribution in [0.1, 0.15) is 12.7 Å². The molecular formula is C12H11F3N4O4S2. The lowest BCUT2D eigenvalue weighted by Gasteiger charge is -2.09. The van der Waals surface area contributed by atoms with Gasteiger partial charge in [0, 0.05) is 12.6 Å². The molecule has 0 aliphatic rings. The fourth-order valence-corrected chi connectivity index (χ4v) is 3.73. The number of nitrogens with zero attached hydrogens (tertiary/aromatic N) is 4. The Labute approximate surface area is 144 Å². The van der Waals surface area contributed by atoms with Crippen LogP contribution in [-0.2, 0) is 16.4 Å². The smallest absolute Gasteiger partial charge is 0.306 e. The summed E-state index contributed by atoms with van der Waals surface area (Å²) < 4.78 is 62.3. The van der Waals surface area contributed by atoms with Gasteiger partial charge in [0.05, 0.1) is 14.7 Å². The summed E-state index contributed by atoms with van der Waals surface area (Å²) in [6.07, 6.45) is 0. The maximum absolute atomic E-state index is 12.6. The summed E-state index contributed by atoms with van der Waals surface area (Å²) in [5.41, 5.74) is -6.31. The first-order chi connectivity index (χ1) is 11.5. The topological polar surface area (TPSA) is 108 Å². The SMILES string of the molecule is CCn1c(C)nnc1Sc1ccc(S(=O)(=O)C(F)(F)F)cc1[N+](=O)[O-]. The molecule has 0 bridgehead atoms. The summed E-state index contributed by atoms with van der Waals surface area (Å²) in [5.74, 6) is 0.559. The van der Waals surface area contributed by atoms with Crippen molar-refractivity contribution in [2.75, 3.05) is 0 Å². The van der Waals surface area contributed by atoms with Crippen LogP contribution < -0.4 is 0 Å². The molecule has 0 spiro atoms. The number of rotatable bonds is 5. The average molecular weight is 396 g/mol. The summed E-state index contributed by atoms with van der Waals surface area (Å²) in [6, 6.07) is 2.02. The van der Waals surface area contributed by atoms with Crippen LogP contribution >= 0.6 is 11.8 Å². The van der Waals surface area contributed by atoms with Crippen molar-refractivity contribution in [2.24, 2.45) is 0 Å². The van der Waals surface area contributed by atoms with Gasteiger partial charge < -0.3 is 4.57 Å². The number of nitro groups is 1. The molecule has 0 N–H and O–H groups in total.